The molecule has 0 aliphatic carbocycles. The lowest BCUT2D eigenvalue weighted by Crippen LogP contribution is -2.42. The Morgan fingerprint density at radius 2 is 1.49 bits per heavy atom. The van der Waals surface area contributed by atoms with Crippen LogP contribution >= 0.6 is 37.2 Å². The summed E-state index contributed by atoms with van der Waals surface area (Å²) in [5, 5.41) is 12.3. The van der Waals surface area contributed by atoms with Crippen LogP contribution in [0.2, 0.25) is 0 Å². The topological polar surface area (TPSA) is 115 Å². The number of hydrogen-bond acceptors (Lipinski definition) is 7. The van der Waals surface area contributed by atoms with Gasteiger partial charge in [0.05, 0.1) is 5.69 Å². The van der Waals surface area contributed by atoms with E-state index in [1.807, 2.05) is 97.9 Å². The molecule has 10 nitrogen and oxygen atoms in total. The van der Waals surface area contributed by atoms with Gasteiger partial charge in [0.25, 0.3) is 5.91 Å². The first-order valence-electron chi connectivity index (χ1n) is 17.3. The molecule has 1 aliphatic rings. The number of nitrogens with one attached hydrogen (secondary N) is 4. The molecule has 0 bridgehead atoms. The summed E-state index contributed by atoms with van der Waals surface area (Å²) in [7, 11) is 3.78. The Bertz CT molecular complexity index is 1430. The highest BCUT2D eigenvalue weighted by atomic mass is 35.5. The van der Waals surface area contributed by atoms with Gasteiger partial charge in [-0.2, -0.15) is 0 Å². The molecular formula is C38H55Cl3N6O4. The summed E-state index contributed by atoms with van der Waals surface area (Å²) in [6.07, 6.45) is 5.25. The van der Waals surface area contributed by atoms with Crippen molar-refractivity contribution in [3.8, 4) is 11.1 Å². The SMILES string of the molecule is CNCCCNC(=O)c1ccc(NCCCCCC(=O)N(C)CCN2CCC(OC(=O)Nc3ccccc3-c3ccccc3)CC2)cc1.Cl.Cl.Cl. The Labute approximate surface area is 322 Å². The minimum absolute atomic E-state index is 0. The van der Waals surface area contributed by atoms with Gasteiger partial charge in [-0.3, -0.25) is 14.9 Å². The van der Waals surface area contributed by atoms with Gasteiger partial charge in [0.15, 0.2) is 0 Å². The van der Waals surface area contributed by atoms with E-state index in [4.69, 9.17) is 4.74 Å². The number of ether oxygens (including phenoxy) is 1. The molecule has 0 aromatic heterocycles. The van der Waals surface area contributed by atoms with Crippen LogP contribution in [-0.4, -0.2) is 93.7 Å². The number of piperidine rings is 1. The molecule has 0 unspecified atom stereocenters. The average molecular weight is 766 g/mol. The highest BCUT2D eigenvalue weighted by Crippen LogP contribution is 2.28. The average Bonchev–Trinajstić information content (AvgIpc) is 3.11. The van der Waals surface area contributed by atoms with E-state index in [-0.39, 0.29) is 55.1 Å². The normalized spacial score (nSPS) is 12.7. The number of carbonyl (C=O) groups is 3. The monoisotopic (exact) mass is 764 g/mol. The Balaban J connectivity index is 0.00000433. The van der Waals surface area contributed by atoms with E-state index in [2.05, 4.69) is 26.2 Å². The van der Waals surface area contributed by atoms with E-state index in [1.165, 1.54) is 0 Å². The zero-order valence-electron chi connectivity index (χ0n) is 29.7. The quantitative estimate of drug-likeness (QED) is 0.102. The smallest absolute Gasteiger partial charge is 0.411 e. The number of benzene rings is 3. The summed E-state index contributed by atoms with van der Waals surface area (Å²) >= 11 is 0. The molecule has 1 heterocycles. The maximum Gasteiger partial charge on any atom is 0.411 e. The van der Waals surface area contributed by atoms with Crippen LogP contribution in [0.1, 0.15) is 55.3 Å². The van der Waals surface area contributed by atoms with Crippen molar-refractivity contribution in [3.63, 3.8) is 0 Å². The molecule has 4 rings (SSSR count). The van der Waals surface area contributed by atoms with Gasteiger partial charge in [-0.05, 0) is 81.6 Å². The Hall–Kier alpha value is -3.54. The van der Waals surface area contributed by atoms with Crippen molar-refractivity contribution in [2.24, 2.45) is 0 Å². The van der Waals surface area contributed by atoms with E-state index in [1.54, 1.807) is 0 Å². The molecule has 1 aliphatic heterocycles. The zero-order chi connectivity index (χ0) is 34.0. The van der Waals surface area contributed by atoms with Crippen molar-refractivity contribution in [1.29, 1.82) is 0 Å². The summed E-state index contributed by atoms with van der Waals surface area (Å²) in [5.74, 6) is 0.124. The van der Waals surface area contributed by atoms with Crippen molar-refractivity contribution in [2.45, 2.75) is 51.0 Å². The number of hydrogen-bond donors (Lipinski definition) is 4. The van der Waals surface area contributed by atoms with Crippen LogP contribution in [0.5, 0.6) is 0 Å². The van der Waals surface area contributed by atoms with Crippen LogP contribution in [0.4, 0.5) is 16.2 Å². The summed E-state index contributed by atoms with van der Waals surface area (Å²) in [6.45, 7) is 5.52. The van der Waals surface area contributed by atoms with E-state index in [0.29, 0.717) is 25.1 Å². The predicted molar refractivity (Wildman–Crippen MR) is 215 cm³/mol. The van der Waals surface area contributed by atoms with Crippen molar-refractivity contribution >= 4 is 66.5 Å². The minimum atomic E-state index is -0.427. The first-order chi connectivity index (χ1) is 23.4. The number of unbranched alkanes of at least 4 members (excludes halogenated alkanes) is 2. The first-order valence-corrected chi connectivity index (χ1v) is 17.3. The summed E-state index contributed by atoms with van der Waals surface area (Å²) in [4.78, 5) is 41.8. The molecule has 282 valence electrons. The molecular weight excluding hydrogens is 711 g/mol. The van der Waals surface area contributed by atoms with Gasteiger partial charge >= 0.3 is 6.09 Å². The molecule has 0 spiro atoms. The van der Waals surface area contributed by atoms with Crippen LogP contribution in [0, 0.1) is 0 Å². The third-order valence-corrected chi connectivity index (χ3v) is 8.67. The van der Waals surface area contributed by atoms with E-state index >= 15 is 0 Å². The maximum absolute atomic E-state index is 12.7. The van der Waals surface area contributed by atoms with Crippen LogP contribution < -0.4 is 21.3 Å². The fourth-order valence-electron chi connectivity index (χ4n) is 5.73. The Kier molecular flexibility index (Phi) is 22.7. The van der Waals surface area contributed by atoms with Gasteiger partial charge in [-0.1, -0.05) is 55.0 Å². The van der Waals surface area contributed by atoms with Crippen molar-refractivity contribution < 1.29 is 19.1 Å². The largest absolute Gasteiger partial charge is 0.446 e. The van der Waals surface area contributed by atoms with Gasteiger partial charge in [0, 0.05) is 69.6 Å². The minimum Gasteiger partial charge on any atom is -0.446 e. The summed E-state index contributed by atoms with van der Waals surface area (Å²) in [6, 6.07) is 25.3. The lowest BCUT2D eigenvalue weighted by atomic mass is 10.0. The van der Waals surface area contributed by atoms with Gasteiger partial charge in [-0.15, -0.1) is 37.2 Å². The second-order valence-corrected chi connectivity index (χ2v) is 12.3. The summed E-state index contributed by atoms with van der Waals surface area (Å²) in [5.41, 5.74) is 4.37. The van der Waals surface area contributed by atoms with Crippen LogP contribution in [0.15, 0.2) is 78.9 Å². The Morgan fingerprint density at radius 3 is 2.20 bits per heavy atom. The third kappa shape index (κ3) is 16.1. The molecule has 13 heteroatoms. The molecule has 4 N–H and O–H groups in total. The molecule has 3 aromatic carbocycles. The maximum atomic E-state index is 12.7. The number of anilines is 2. The van der Waals surface area contributed by atoms with E-state index in [9.17, 15) is 14.4 Å². The highest BCUT2D eigenvalue weighted by Gasteiger charge is 2.23. The number of rotatable bonds is 18. The number of nitrogens with zero attached hydrogens (tertiary/aromatic N) is 2. The van der Waals surface area contributed by atoms with Gasteiger partial charge in [0.2, 0.25) is 5.91 Å². The highest BCUT2D eigenvalue weighted by molar-refractivity contribution is 5.94. The van der Waals surface area contributed by atoms with Crippen molar-refractivity contribution in [1.82, 2.24) is 20.4 Å². The van der Waals surface area contributed by atoms with Crippen molar-refractivity contribution in [3.05, 3.63) is 84.4 Å². The molecule has 0 atom stereocenters. The van der Waals surface area contributed by atoms with Crippen LogP contribution in [-0.2, 0) is 9.53 Å². The second kappa shape index (κ2) is 25.4. The number of amides is 3. The fraction of sp³-hybridized carbons (Fsp3) is 0.447. The second-order valence-electron chi connectivity index (χ2n) is 12.3. The first kappa shape index (κ1) is 45.5. The standard InChI is InChI=1S/C38H52N6O4.3ClH/c1-39-23-11-25-41-37(46)31-17-19-32(20-18-31)40-24-10-4-7-16-36(45)43(2)28-29-44-26-21-33(22-27-44)48-38(47)42-35-15-9-8-14-34(35)30-12-5-3-6-13-30;;;/h3,5-6,8-9,12-15,17-20,33,39-40H,4,7,10-11,16,21-29H2,1-2H3,(H,41,46)(H,42,47);3*1H. The van der Waals surface area contributed by atoms with Crippen LogP contribution in [0.3, 0.4) is 0 Å². The number of likely N-dealkylation sites (N-methyl/N-ethyl adjacent to an activating group) is 1. The molecule has 1 fully saturated rings. The number of carbonyl (C=O) groups excluding carboxylic acids is 3. The van der Waals surface area contributed by atoms with Gasteiger partial charge < -0.3 is 30.5 Å². The predicted octanol–water partition coefficient (Wildman–Crippen LogP) is 7.10. The zero-order valence-corrected chi connectivity index (χ0v) is 32.2. The van der Waals surface area contributed by atoms with E-state index < -0.39 is 6.09 Å². The molecule has 51 heavy (non-hydrogen) atoms. The molecule has 0 saturated carbocycles. The van der Waals surface area contributed by atoms with E-state index in [0.717, 1.165) is 93.8 Å². The molecule has 3 aromatic rings. The summed E-state index contributed by atoms with van der Waals surface area (Å²) < 4.78 is 5.76. The molecule has 3 amide bonds. The molecule has 0 radical (unpaired) electrons. The van der Waals surface area contributed by atoms with Crippen LogP contribution in [0.25, 0.3) is 11.1 Å². The number of para-hydroxylation sites is 1. The van der Waals surface area contributed by atoms with Gasteiger partial charge in [-0.25, -0.2) is 4.79 Å². The lowest BCUT2D eigenvalue weighted by Gasteiger charge is -2.32. The number of likely N-dealkylation sites (tertiary alicyclic amines) is 1. The van der Waals surface area contributed by atoms with Gasteiger partial charge in [0.1, 0.15) is 6.10 Å². The number of halogens is 3. The fourth-order valence-corrected chi connectivity index (χ4v) is 5.73. The van der Waals surface area contributed by atoms with Crippen molar-refractivity contribution in [2.75, 3.05) is 70.5 Å². The Morgan fingerprint density at radius 1 is 0.804 bits per heavy atom. The molecule has 1 saturated heterocycles. The third-order valence-electron chi connectivity index (χ3n) is 8.67. The lowest BCUT2D eigenvalue weighted by molar-refractivity contribution is -0.130.